The summed E-state index contributed by atoms with van der Waals surface area (Å²) >= 11 is 0. The minimum atomic E-state index is -0.472. The Hall–Kier alpha value is -2.47. The van der Waals surface area contributed by atoms with Gasteiger partial charge < -0.3 is 10.4 Å². The van der Waals surface area contributed by atoms with Gasteiger partial charge in [-0.05, 0) is 36.8 Å². The second-order valence-corrected chi connectivity index (χ2v) is 4.17. The van der Waals surface area contributed by atoms with Crippen LogP contribution in [0.25, 0.3) is 0 Å². The van der Waals surface area contributed by atoms with Crippen LogP contribution in [-0.4, -0.2) is 5.11 Å². The van der Waals surface area contributed by atoms with Gasteiger partial charge in [0.15, 0.2) is 0 Å². The molecular formula is C15H14N2O. The van der Waals surface area contributed by atoms with E-state index in [2.05, 4.69) is 11.4 Å². The maximum absolute atomic E-state index is 9.42. The number of hydrogen-bond donors (Lipinski definition) is 2. The monoisotopic (exact) mass is 238 g/mol. The predicted molar refractivity (Wildman–Crippen MR) is 71.3 cm³/mol. The average Bonchev–Trinajstić information content (AvgIpc) is 2.38. The summed E-state index contributed by atoms with van der Waals surface area (Å²) in [6, 6.07) is 16.3. The molecule has 0 aliphatic heterocycles. The van der Waals surface area contributed by atoms with Gasteiger partial charge in [-0.1, -0.05) is 29.8 Å². The topological polar surface area (TPSA) is 56.0 Å². The van der Waals surface area contributed by atoms with E-state index >= 15 is 0 Å². The van der Waals surface area contributed by atoms with Gasteiger partial charge in [0, 0.05) is 5.69 Å². The molecule has 2 rings (SSSR count). The van der Waals surface area contributed by atoms with Crippen LogP contribution < -0.4 is 5.32 Å². The lowest BCUT2D eigenvalue weighted by molar-refractivity contribution is 0.474. The Kier molecular flexibility index (Phi) is 3.49. The summed E-state index contributed by atoms with van der Waals surface area (Å²) in [6.45, 7) is 2.01. The highest BCUT2D eigenvalue weighted by Gasteiger charge is 2.10. The quantitative estimate of drug-likeness (QED) is 0.861. The molecule has 18 heavy (non-hydrogen) atoms. The lowest BCUT2D eigenvalue weighted by atomic mass is 10.1. The number of nitrogens with one attached hydrogen (secondary N) is 1. The van der Waals surface area contributed by atoms with Crippen LogP contribution in [0.15, 0.2) is 48.5 Å². The number of phenolic OH excluding ortho intramolecular Hbond substituents is 1. The van der Waals surface area contributed by atoms with Crippen molar-refractivity contribution in [3.05, 3.63) is 59.7 Å². The molecule has 3 nitrogen and oxygen atoms in total. The Morgan fingerprint density at radius 3 is 2.50 bits per heavy atom. The van der Waals surface area contributed by atoms with Gasteiger partial charge in [0.05, 0.1) is 6.07 Å². The van der Waals surface area contributed by atoms with Crippen molar-refractivity contribution in [1.29, 1.82) is 5.26 Å². The van der Waals surface area contributed by atoms with Gasteiger partial charge in [0.25, 0.3) is 0 Å². The summed E-state index contributed by atoms with van der Waals surface area (Å²) in [5, 5.41) is 21.7. The highest BCUT2D eigenvalue weighted by molar-refractivity contribution is 5.49. The van der Waals surface area contributed by atoms with Crippen molar-refractivity contribution in [2.45, 2.75) is 13.0 Å². The molecule has 0 aliphatic rings. The molecule has 1 atom stereocenters. The second-order valence-electron chi connectivity index (χ2n) is 4.17. The highest BCUT2D eigenvalue weighted by Crippen LogP contribution is 2.22. The molecule has 0 amide bonds. The maximum Gasteiger partial charge on any atom is 0.140 e. The van der Waals surface area contributed by atoms with Crippen molar-refractivity contribution in [1.82, 2.24) is 0 Å². The van der Waals surface area contributed by atoms with Crippen LogP contribution in [0.2, 0.25) is 0 Å². The summed E-state index contributed by atoms with van der Waals surface area (Å²) < 4.78 is 0. The number of rotatable bonds is 3. The zero-order chi connectivity index (χ0) is 13.0. The number of phenols is 1. The number of anilines is 1. The van der Waals surface area contributed by atoms with Gasteiger partial charge in [-0.2, -0.15) is 5.26 Å². The molecule has 2 N–H and O–H groups in total. The minimum Gasteiger partial charge on any atom is -0.508 e. The third-order valence-corrected chi connectivity index (χ3v) is 2.70. The molecule has 0 heterocycles. The Balaban J connectivity index is 2.20. The molecule has 0 radical (unpaired) electrons. The number of nitrogens with zero attached hydrogens (tertiary/aromatic N) is 1. The molecule has 0 spiro atoms. The first-order valence-electron chi connectivity index (χ1n) is 5.71. The summed E-state index contributed by atoms with van der Waals surface area (Å²) in [6.07, 6.45) is 0. The molecule has 0 saturated heterocycles. The maximum atomic E-state index is 9.42. The summed E-state index contributed by atoms with van der Waals surface area (Å²) in [5.41, 5.74) is 2.81. The number of nitriles is 1. The van der Waals surface area contributed by atoms with Crippen LogP contribution in [0.4, 0.5) is 5.69 Å². The Bertz CT molecular complexity index is 570. The van der Waals surface area contributed by atoms with Gasteiger partial charge >= 0.3 is 0 Å². The number of hydrogen-bond acceptors (Lipinski definition) is 3. The van der Waals surface area contributed by atoms with Crippen LogP contribution in [0.1, 0.15) is 17.2 Å². The molecule has 2 aromatic carbocycles. The van der Waals surface area contributed by atoms with E-state index in [9.17, 15) is 10.4 Å². The van der Waals surface area contributed by atoms with Gasteiger partial charge in [-0.25, -0.2) is 0 Å². The molecule has 3 heteroatoms. The standard InChI is InChI=1S/C15H14N2O/c1-11-5-7-13(8-6-11)17-15(10-16)12-3-2-4-14(18)9-12/h2-9,15,17-18H,1H3. The highest BCUT2D eigenvalue weighted by atomic mass is 16.3. The lowest BCUT2D eigenvalue weighted by Crippen LogP contribution is -2.08. The first-order valence-corrected chi connectivity index (χ1v) is 5.71. The third kappa shape index (κ3) is 2.80. The van der Waals surface area contributed by atoms with Crippen molar-refractivity contribution >= 4 is 5.69 Å². The van der Waals surface area contributed by atoms with Gasteiger partial charge in [-0.15, -0.1) is 0 Å². The van der Waals surface area contributed by atoms with Gasteiger partial charge in [-0.3, -0.25) is 0 Å². The van der Waals surface area contributed by atoms with Crippen LogP contribution >= 0.6 is 0 Å². The van der Waals surface area contributed by atoms with Crippen molar-refractivity contribution < 1.29 is 5.11 Å². The van der Waals surface area contributed by atoms with Gasteiger partial charge in [0.1, 0.15) is 11.8 Å². The minimum absolute atomic E-state index is 0.165. The largest absolute Gasteiger partial charge is 0.508 e. The van der Waals surface area contributed by atoms with Crippen LogP contribution in [0.5, 0.6) is 5.75 Å². The fourth-order valence-corrected chi connectivity index (χ4v) is 1.71. The number of benzene rings is 2. The number of aromatic hydroxyl groups is 1. The Morgan fingerprint density at radius 1 is 1.17 bits per heavy atom. The predicted octanol–water partition coefficient (Wildman–Crippen LogP) is 3.38. The molecule has 0 bridgehead atoms. The normalized spacial score (nSPS) is 11.6. The van der Waals surface area contributed by atoms with Crippen molar-refractivity contribution in [3.63, 3.8) is 0 Å². The van der Waals surface area contributed by atoms with E-state index in [-0.39, 0.29) is 5.75 Å². The van der Waals surface area contributed by atoms with E-state index in [4.69, 9.17) is 0 Å². The summed E-state index contributed by atoms with van der Waals surface area (Å²) in [4.78, 5) is 0. The van der Waals surface area contributed by atoms with E-state index in [1.807, 2.05) is 37.3 Å². The Labute approximate surface area is 106 Å². The first kappa shape index (κ1) is 12.0. The first-order chi connectivity index (χ1) is 8.69. The fourth-order valence-electron chi connectivity index (χ4n) is 1.71. The number of aryl methyl sites for hydroxylation is 1. The third-order valence-electron chi connectivity index (χ3n) is 2.70. The smallest absolute Gasteiger partial charge is 0.140 e. The Morgan fingerprint density at radius 2 is 1.89 bits per heavy atom. The van der Waals surface area contributed by atoms with E-state index in [1.54, 1.807) is 18.2 Å². The second kappa shape index (κ2) is 5.24. The van der Waals surface area contributed by atoms with Crippen LogP contribution in [-0.2, 0) is 0 Å². The summed E-state index contributed by atoms with van der Waals surface area (Å²) in [7, 11) is 0. The molecule has 0 aliphatic carbocycles. The van der Waals surface area contributed by atoms with Crippen molar-refractivity contribution in [2.24, 2.45) is 0 Å². The summed E-state index contributed by atoms with van der Waals surface area (Å²) in [5.74, 6) is 0.165. The lowest BCUT2D eigenvalue weighted by Gasteiger charge is -2.13. The zero-order valence-corrected chi connectivity index (χ0v) is 10.1. The van der Waals surface area contributed by atoms with E-state index < -0.39 is 6.04 Å². The molecule has 90 valence electrons. The van der Waals surface area contributed by atoms with E-state index in [0.29, 0.717) is 0 Å². The van der Waals surface area contributed by atoms with Crippen molar-refractivity contribution in [3.8, 4) is 11.8 Å². The molecule has 1 unspecified atom stereocenters. The molecule has 0 saturated carbocycles. The molecular weight excluding hydrogens is 224 g/mol. The van der Waals surface area contributed by atoms with Crippen LogP contribution in [0.3, 0.4) is 0 Å². The van der Waals surface area contributed by atoms with Crippen LogP contribution in [0, 0.1) is 18.3 Å². The van der Waals surface area contributed by atoms with E-state index in [1.165, 1.54) is 5.56 Å². The SMILES string of the molecule is Cc1ccc(NC(C#N)c2cccc(O)c2)cc1. The van der Waals surface area contributed by atoms with Gasteiger partial charge in [0.2, 0.25) is 0 Å². The molecule has 0 fully saturated rings. The fraction of sp³-hybridized carbons (Fsp3) is 0.133. The zero-order valence-electron chi connectivity index (χ0n) is 10.1. The molecule has 2 aromatic rings. The van der Waals surface area contributed by atoms with E-state index in [0.717, 1.165) is 11.3 Å². The van der Waals surface area contributed by atoms with Crippen molar-refractivity contribution in [2.75, 3.05) is 5.32 Å². The average molecular weight is 238 g/mol. The molecule has 0 aromatic heterocycles.